The average Bonchev–Trinajstić information content (AvgIpc) is 2.45. The average molecular weight is 295 g/mol. The van der Waals surface area contributed by atoms with Crippen LogP contribution in [0, 0.1) is 5.82 Å². The van der Waals surface area contributed by atoms with Gasteiger partial charge in [0.25, 0.3) is 0 Å². The number of imide groups is 1. The lowest BCUT2D eigenvalue weighted by atomic mass is 10.1. The minimum atomic E-state index is -0.655. The summed E-state index contributed by atoms with van der Waals surface area (Å²) in [5.41, 5.74) is 0. The second-order valence-electron chi connectivity index (χ2n) is 4.76. The molecule has 1 saturated heterocycles. The molecule has 1 unspecified atom stereocenters. The van der Waals surface area contributed by atoms with E-state index in [2.05, 4.69) is 20.6 Å². The van der Waals surface area contributed by atoms with Crippen molar-refractivity contribution in [3.8, 4) is 0 Å². The van der Waals surface area contributed by atoms with Crippen LogP contribution in [-0.4, -0.2) is 40.9 Å². The van der Waals surface area contributed by atoms with E-state index in [0.29, 0.717) is 13.0 Å². The van der Waals surface area contributed by atoms with E-state index in [4.69, 9.17) is 0 Å². The SMILES string of the molecule is CCCNc1ncc(F)c(N2CC(=O)NC(=O)C2CC)n1. The number of aromatic nitrogens is 2. The van der Waals surface area contributed by atoms with Crippen LogP contribution in [0.3, 0.4) is 0 Å². The number of hydrogen-bond donors (Lipinski definition) is 2. The van der Waals surface area contributed by atoms with Crippen LogP contribution in [0.25, 0.3) is 0 Å². The Morgan fingerprint density at radius 2 is 2.24 bits per heavy atom. The number of anilines is 2. The first kappa shape index (κ1) is 15.1. The van der Waals surface area contributed by atoms with Gasteiger partial charge in [-0.15, -0.1) is 0 Å². The maximum Gasteiger partial charge on any atom is 0.249 e. The van der Waals surface area contributed by atoms with Crippen LogP contribution in [0.15, 0.2) is 6.20 Å². The lowest BCUT2D eigenvalue weighted by molar-refractivity contribution is -0.132. The van der Waals surface area contributed by atoms with Crippen LogP contribution in [0.5, 0.6) is 0 Å². The standard InChI is InChI=1S/C13H18FN5O2/c1-3-5-15-13-16-6-8(14)11(18-13)19-7-10(20)17-12(21)9(19)4-2/h6,9H,3-5,7H2,1-2H3,(H,15,16,18)(H,17,20,21). The van der Waals surface area contributed by atoms with E-state index in [-0.39, 0.29) is 18.3 Å². The van der Waals surface area contributed by atoms with E-state index >= 15 is 0 Å². The summed E-state index contributed by atoms with van der Waals surface area (Å²) in [5.74, 6) is -1.31. The predicted octanol–water partition coefficient (Wildman–Crippen LogP) is 0.679. The Balaban J connectivity index is 2.33. The molecule has 0 bridgehead atoms. The third-order valence-corrected chi connectivity index (χ3v) is 3.17. The highest BCUT2D eigenvalue weighted by molar-refractivity contribution is 6.04. The zero-order valence-corrected chi connectivity index (χ0v) is 12.0. The van der Waals surface area contributed by atoms with E-state index < -0.39 is 23.7 Å². The summed E-state index contributed by atoms with van der Waals surface area (Å²) in [6.45, 7) is 4.33. The Hall–Kier alpha value is -2.25. The first-order valence-corrected chi connectivity index (χ1v) is 6.93. The van der Waals surface area contributed by atoms with Gasteiger partial charge in [0, 0.05) is 6.54 Å². The number of halogens is 1. The molecule has 1 aromatic rings. The molecule has 0 spiro atoms. The molecule has 0 aliphatic carbocycles. The van der Waals surface area contributed by atoms with Gasteiger partial charge in [0.15, 0.2) is 11.6 Å². The number of nitrogens with one attached hydrogen (secondary N) is 2. The molecule has 0 saturated carbocycles. The summed E-state index contributed by atoms with van der Waals surface area (Å²) in [6.07, 6.45) is 2.36. The molecular formula is C13H18FN5O2. The van der Waals surface area contributed by atoms with E-state index in [1.165, 1.54) is 4.90 Å². The van der Waals surface area contributed by atoms with Gasteiger partial charge in [0.1, 0.15) is 6.04 Å². The summed E-state index contributed by atoms with van der Waals surface area (Å²) in [7, 11) is 0. The van der Waals surface area contributed by atoms with Crippen molar-refractivity contribution in [2.24, 2.45) is 0 Å². The summed E-state index contributed by atoms with van der Waals surface area (Å²) in [5, 5.41) is 5.20. The minimum absolute atomic E-state index is 0.0290. The van der Waals surface area contributed by atoms with Crippen molar-refractivity contribution in [1.82, 2.24) is 15.3 Å². The number of carbonyl (C=O) groups is 2. The molecule has 114 valence electrons. The molecule has 0 aromatic carbocycles. The molecule has 1 atom stereocenters. The van der Waals surface area contributed by atoms with E-state index in [1.54, 1.807) is 6.92 Å². The molecule has 1 aromatic heterocycles. The molecule has 2 rings (SSSR count). The second-order valence-corrected chi connectivity index (χ2v) is 4.76. The summed E-state index contributed by atoms with van der Waals surface area (Å²) in [4.78, 5) is 32.7. The zero-order chi connectivity index (χ0) is 15.4. The quantitative estimate of drug-likeness (QED) is 0.777. The predicted molar refractivity (Wildman–Crippen MR) is 75.3 cm³/mol. The molecular weight excluding hydrogens is 277 g/mol. The maximum absolute atomic E-state index is 14.0. The van der Waals surface area contributed by atoms with Gasteiger partial charge in [-0.2, -0.15) is 4.98 Å². The monoisotopic (exact) mass is 295 g/mol. The number of carbonyl (C=O) groups excluding carboxylic acids is 2. The van der Waals surface area contributed by atoms with Crippen LogP contribution in [-0.2, 0) is 9.59 Å². The van der Waals surface area contributed by atoms with Gasteiger partial charge < -0.3 is 10.2 Å². The van der Waals surface area contributed by atoms with Crippen LogP contribution in [0.1, 0.15) is 26.7 Å². The minimum Gasteiger partial charge on any atom is -0.354 e. The van der Waals surface area contributed by atoms with Crippen LogP contribution in [0.4, 0.5) is 16.2 Å². The fraction of sp³-hybridized carbons (Fsp3) is 0.538. The first-order valence-electron chi connectivity index (χ1n) is 6.93. The van der Waals surface area contributed by atoms with Gasteiger partial charge in [0.05, 0.1) is 12.7 Å². The van der Waals surface area contributed by atoms with E-state index in [0.717, 1.165) is 12.6 Å². The Kier molecular flexibility index (Phi) is 4.66. The van der Waals surface area contributed by atoms with Crippen LogP contribution in [0.2, 0.25) is 0 Å². The maximum atomic E-state index is 14.0. The fourth-order valence-corrected chi connectivity index (χ4v) is 2.18. The Morgan fingerprint density at radius 3 is 2.90 bits per heavy atom. The third-order valence-electron chi connectivity index (χ3n) is 3.17. The Morgan fingerprint density at radius 1 is 1.48 bits per heavy atom. The summed E-state index contributed by atoms with van der Waals surface area (Å²) >= 11 is 0. The van der Waals surface area contributed by atoms with Crippen molar-refractivity contribution < 1.29 is 14.0 Å². The van der Waals surface area contributed by atoms with Gasteiger partial charge in [-0.05, 0) is 12.8 Å². The molecule has 2 N–H and O–H groups in total. The van der Waals surface area contributed by atoms with Crippen molar-refractivity contribution in [3.63, 3.8) is 0 Å². The molecule has 1 fully saturated rings. The zero-order valence-electron chi connectivity index (χ0n) is 12.0. The highest BCUT2D eigenvalue weighted by Gasteiger charge is 2.34. The van der Waals surface area contributed by atoms with E-state index in [1.807, 2.05) is 6.92 Å². The Labute approximate surface area is 121 Å². The van der Waals surface area contributed by atoms with Crippen LogP contribution < -0.4 is 15.5 Å². The van der Waals surface area contributed by atoms with Gasteiger partial charge in [-0.1, -0.05) is 13.8 Å². The molecule has 2 heterocycles. The summed E-state index contributed by atoms with van der Waals surface area (Å²) < 4.78 is 14.0. The van der Waals surface area contributed by atoms with Gasteiger partial charge in [-0.3, -0.25) is 14.9 Å². The molecule has 2 amide bonds. The van der Waals surface area contributed by atoms with Gasteiger partial charge in [-0.25, -0.2) is 9.37 Å². The highest BCUT2D eigenvalue weighted by Crippen LogP contribution is 2.22. The van der Waals surface area contributed by atoms with Crippen molar-refractivity contribution in [1.29, 1.82) is 0 Å². The molecule has 1 aliphatic rings. The van der Waals surface area contributed by atoms with Crippen molar-refractivity contribution in [3.05, 3.63) is 12.0 Å². The topological polar surface area (TPSA) is 87.2 Å². The third kappa shape index (κ3) is 3.26. The van der Waals surface area contributed by atoms with Crippen molar-refractivity contribution >= 4 is 23.6 Å². The number of piperazine rings is 1. The highest BCUT2D eigenvalue weighted by atomic mass is 19.1. The summed E-state index contributed by atoms with van der Waals surface area (Å²) in [6, 6.07) is -0.619. The molecule has 21 heavy (non-hydrogen) atoms. The van der Waals surface area contributed by atoms with Crippen molar-refractivity contribution in [2.45, 2.75) is 32.7 Å². The second kappa shape index (κ2) is 6.47. The number of hydrogen-bond acceptors (Lipinski definition) is 6. The number of rotatable bonds is 5. The molecule has 0 radical (unpaired) electrons. The van der Waals surface area contributed by atoms with E-state index in [9.17, 15) is 14.0 Å². The molecule has 7 nitrogen and oxygen atoms in total. The lowest BCUT2D eigenvalue weighted by Gasteiger charge is -2.34. The fourth-order valence-electron chi connectivity index (χ4n) is 2.18. The largest absolute Gasteiger partial charge is 0.354 e. The number of amides is 2. The normalized spacial score (nSPS) is 18.6. The lowest BCUT2D eigenvalue weighted by Crippen LogP contribution is -2.58. The molecule has 1 aliphatic heterocycles. The van der Waals surface area contributed by atoms with Gasteiger partial charge >= 0.3 is 0 Å². The number of nitrogens with zero attached hydrogens (tertiary/aromatic N) is 3. The molecule has 8 heteroatoms. The smallest absolute Gasteiger partial charge is 0.249 e. The van der Waals surface area contributed by atoms with Crippen LogP contribution >= 0.6 is 0 Å². The first-order chi connectivity index (χ1) is 10.1. The van der Waals surface area contributed by atoms with Crippen molar-refractivity contribution in [2.75, 3.05) is 23.3 Å². The Bertz CT molecular complexity index is 551. The van der Waals surface area contributed by atoms with Gasteiger partial charge in [0.2, 0.25) is 17.8 Å².